The topological polar surface area (TPSA) is 58.6 Å². The summed E-state index contributed by atoms with van der Waals surface area (Å²) in [7, 11) is 0. The Labute approximate surface area is 105 Å². The van der Waals surface area contributed by atoms with Gasteiger partial charge < -0.3 is 4.98 Å². The molecule has 0 radical (unpaired) electrons. The van der Waals surface area contributed by atoms with Crippen molar-refractivity contribution < 1.29 is 4.79 Å². The summed E-state index contributed by atoms with van der Waals surface area (Å²) in [6.07, 6.45) is 0. The van der Waals surface area contributed by atoms with Crippen LogP contribution in [-0.4, -0.2) is 20.3 Å². The third-order valence-corrected chi connectivity index (χ3v) is 3.95. The SMILES string of the molecule is O=C(Sc1nncs1)c1cc2ccccc2[nH]1. The van der Waals surface area contributed by atoms with Crippen molar-refractivity contribution in [2.75, 3.05) is 0 Å². The fourth-order valence-corrected chi connectivity index (χ4v) is 2.82. The number of fused-ring (bicyclic) bond motifs is 1. The van der Waals surface area contributed by atoms with Gasteiger partial charge in [0.25, 0.3) is 0 Å². The Morgan fingerprint density at radius 3 is 3.00 bits per heavy atom. The second kappa shape index (κ2) is 4.31. The fourth-order valence-electron chi connectivity index (χ4n) is 1.53. The summed E-state index contributed by atoms with van der Waals surface area (Å²) in [6, 6.07) is 9.65. The van der Waals surface area contributed by atoms with E-state index < -0.39 is 0 Å². The highest BCUT2D eigenvalue weighted by Gasteiger charge is 2.12. The van der Waals surface area contributed by atoms with Crippen LogP contribution in [0.3, 0.4) is 0 Å². The standard InChI is InChI=1S/C11H7N3OS2/c15-10(17-11-14-12-6-16-11)9-5-7-3-1-2-4-8(7)13-9/h1-6,13H. The maximum absolute atomic E-state index is 12.0. The summed E-state index contributed by atoms with van der Waals surface area (Å²) >= 11 is 2.45. The Balaban J connectivity index is 1.90. The number of nitrogens with one attached hydrogen (secondary N) is 1. The van der Waals surface area contributed by atoms with Crippen LogP contribution in [0.1, 0.15) is 10.5 Å². The molecule has 0 aliphatic rings. The second-order valence-corrected chi connectivity index (χ2v) is 5.42. The van der Waals surface area contributed by atoms with Gasteiger partial charge in [0.1, 0.15) is 5.51 Å². The highest BCUT2D eigenvalue weighted by Crippen LogP contribution is 2.25. The number of H-pyrrole nitrogens is 1. The average Bonchev–Trinajstić information content (AvgIpc) is 2.96. The first-order valence-corrected chi connectivity index (χ1v) is 6.58. The number of para-hydroxylation sites is 1. The van der Waals surface area contributed by atoms with E-state index in [2.05, 4.69) is 15.2 Å². The molecule has 17 heavy (non-hydrogen) atoms. The van der Waals surface area contributed by atoms with E-state index in [0.29, 0.717) is 10.0 Å². The Morgan fingerprint density at radius 2 is 2.24 bits per heavy atom. The molecule has 1 aromatic carbocycles. The van der Waals surface area contributed by atoms with Crippen molar-refractivity contribution in [1.82, 2.24) is 15.2 Å². The number of benzene rings is 1. The first kappa shape index (κ1) is 10.5. The lowest BCUT2D eigenvalue weighted by atomic mass is 10.2. The molecular formula is C11H7N3OS2. The molecule has 4 nitrogen and oxygen atoms in total. The number of aromatic amines is 1. The maximum atomic E-state index is 12.0. The molecule has 0 spiro atoms. The molecule has 0 aliphatic carbocycles. The van der Waals surface area contributed by atoms with E-state index in [1.807, 2.05) is 30.3 Å². The molecule has 2 heterocycles. The van der Waals surface area contributed by atoms with E-state index in [4.69, 9.17) is 0 Å². The van der Waals surface area contributed by atoms with E-state index in [1.54, 1.807) is 5.51 Å². The lowest BCUT2D eigenvalue weighted by molar-refractivity contribution is 0.108. The summed E-state index contributed by atoms with van der Waals surface area (Å²) < 4.78 is 0.661. The van der Waals surface area contributed by atoms with Crippen molar-refractivity contribution >= 4 is 39.1 Å². The molecule has 3 aromatic rings. The van der Waals surface area contributed by atoms with E-state index in [0.717, 1.165) is 22.7 Å². The Kier molecular flexibility index (Phi) is 2.66. The Bertz CT molecular complexity index is 627. The van der Waals surface area contributed by atoms with Crippen LogP contribution < -0.4 is 0 Å². The molecule has 0 bridgehead atoms. The van der Waals surface area contributed by atoms with Crippen LogP contribution in [-0.2, 0) is 0 Å². The lowest BCUT2D eigenvalue weighted by Crippen LogP contribution is -1.92. The highest BCUT2D eigenvalue weighted by molar-refractivity contribution is 8.15. The summed E-state index contributed by atoms with van der Waals surface area (Å²) in [6.45, 7) is 0. The molecule has 0 unspecified atom stereocenters. The van der Waals surface area contributed by atoms with Gasteiger partial charge in [0, 0.05) is 10.9 Å². The van der Waals surface area contributed by atoms with E-state index in [-0.39, 0.29) is 5.12 Å². The van der Waals surface area contributed by atoms with Gasteiger partial charge in [-0.3, -0.25) is 4.79 Å². The number of thioether (sulfide) groups is 1. The minimum Gasteiger partial charge on any atom is -0.351 e. The monoisotopic (exact) mass is 261 g/mol. The first-order chi connectivity index (χ1) is 8.33. The van der Waals surface area contributed by atoms with Gasteiger partial charge >= 0.3 is 0 Å². The van der Waals surface area contributed by atoms with Crippen molar-refractivity contribution in [2.24, 2.45) is 0 Å². The van der Waals surface area contributed by atoms with Gasteiger partial charge in [-0.1, -0.05) is 29.5 Å². The van der Waals surface area contributed by atoms with Crippen LogP contribution in [0, 0.1) is 0 Å². The van der Waals surface area contributed by atoms with Gasteiger partial charge in [0.05, 0.1) is 5.69 Å². The molecule has 0 saturated carbocycles. The van der Waals surface area contributed by atoms with Gasteiger partial charge in [-0.2, -0.15) is 0 Å². The highest BCUT2D eigenvalue weighted by atomic mass is 32.2. The fraction of sp³-hybridized carbons (Fsp3) is 0. The molecule has 0 saturated heterocycles. The number of carbonyl (C=O) groups is 1. The summed E-state index contributed by atoms with van der Waals surface area (Å²) in [5, 5.41) is 8.52. The average molecular weight is 261 g/mol. The minimum absolute atomic E-state index is 0.0436. The molecule has 2 aromatic heterocycles. The van der Waals surface area contributed by atoms with E-state index >= 15 is 0 Å². The van der Waals surface area contributed by atoms with Crippen molar-refractivity contribution in [3.63, 3.8) is 0 Å². The van der Waals surface area contributed by atoms with Gasteiger partial charge in [-0.15, -0.1) is 10.2 Å². The van der Waals surface area contributed by atoms with Gasteiger partial charge in [0.15, 0.2) is 4.34 Å². The van der Waals surface area contributed by atoms with Crippen LogP contribution >= 0.6 is 23.1 Å². The second-order valence-electron chi connectivity index (χ2n) is 3.36. The van der Waals surface area contributed by atoms with Gasteiger partial charge in [0.2, 0.25) is 5.12 Å². The number of aromatic nitrogens is 3. The smallest absolute Gasteiger partial charge is 0.242 e. The van der Waals surface area contributed by atoms with Gasteiger partial charge in [-0.05, 0) is 23.9 Å². The van der Waals surface area contributed by atoms with Gasteiger partial charge in [-0.25, -0.2) is 0 Å². The number of nitrogens with zero attached hydrogens (tertiary/aromatic N) is 2. The Morgan fingerprint density at radius 1 is 1.35 bits per heavy atom. The van der Waals surface area contributed by atoms with Crippen LogP contribution in [0.25, 0.3) is 10.9 Å². The zero-order valence-electron chi connectivity index (χ0n) is 8.58. The van der Waals surface area contributed by atoms with Crippen LogP contribution in [0.15, 0.2) is 40.2 Å². The third kappa shape index (κ3) is 2.09. The molecule has 0 atom stereocenters. The molecule has 0 fully saturated rings. The Hall–Kier alpha value is -1.66. The zero-order chi connectivity index (χ0) is 11.7. The number of hydrogen-bond acceptors (Lipinski definition) is 5. The molecule has 84 valence electrons. The third-order valence-electron chi connectivity index (χ3n) is 2.27. The van der Waals surface area contributed by atoms with Crippen molar-refractivity contribution in [2.45, 2.75) is 4.34 Å². The molecule has 0 amide bonds. The van der Waals surface area contributed by atoms with Crippen LogP contribution in [0.5, 0.6) is 0 Å². The molecule has 3 rings (SSSR count). The van der Waals surface area contributed by atoms with E-state index in [9.17, 15) is 4.79 Å². The quantitative estimate of drug-likeness (QED) is 0.720. The predicted octanol–water partition coefficient (Wildman–Crippen LogP) is 2.95. The number of rotatable bonds is 2. The van der Waals surface area contributed by atoms with Crippen molar-refractivity contribution in [3.8, 4) is 0 Å². The number of carbonyl (C=O) groups excluding carboxylic acids is 1. The zero-order valence-corrected chi connectivity index (χ0v) is 10.2. The predicted molar refractivity (Wildman–Crippen MR) is 68.4 cm³/mol. The largest absolute Gasteiger partial charge is 0.351 e. The lowest BCUT2D eigenvalue weighted by Gasteiger charge is -1.92. The first-order valence-electron chi connectivity index (χ1n) is 4.89. The summed E-state index contributed by atoms with van der Waals surface area (Å²) in [5.41, 5.74) is 3.17. The molecular weight excluding hydrogens is 254 g/mol. The molecule has 1 N–H and O–H groups in total. The van der Waals surface area contributed by atoms with Crippen LogP contribution in [0.4, 0.5) is 0 Å². The van der Waals surface area contributed by atoms with Crippen LogP contribution in [0.2, 0.25) is 0 Å². The van der Waals surface area contributed by atoms with Crippen molar-refractivity contribution in [3.05, 3.63) is 41.5 Å². The normalized spacial score (nSPS) is 10.8. The summed E-state index contributed by atoms with van der Waals surface area (Å²) in [4.78, 5) is 15.0. The van der Waals surface area contributed by atoms with Crippen molar-refractivity contribution in [1.29, 1.82) is 0 Å². The number of hydrogen-bond donors (Lipinski definition) is 1. The molecule has 6 heteroatoms. The maximum Gasteiger partial charge on any atom is 0.242 e. The molecule has 0 aliphatic heterocycles. The summed E-state index contributed by atoms with van der Waals surface area (Å²) in [5.74, 6) is 0. The van der Waals surface area contributed by atoms with E-state index in [1.165, 1.54) is 11.3 Å². The minimum atomic E-state index is -0.0436.